The van der Waals surface area contributed by atoms with E-state index in [2.05, 4.69) is 27.9 Å². The second-order valence-corrected chi connectivity index (χ2v) is 5.74. The van der Waals surface area contributed by atoms with Crippen molar-refractivity contribution in [2.24, 2.45) is 5.92 Å². The fraction of sp³-hybridized carbons (Fsp3) is 0.769. The lowest BCUT2D eigenvalue weighted by molar-refractivity contribution is 0.182. The molecule has 0 spiro atoms. The number of rotatable bonds is 7. The maximum absolute atomic E-state index is 5.53. The van der Waals surface area contributed by atoms with Crippen LogP contribution in [0.2, 0.25) is 0 Å². The van der Waals surface area contributed by atoms with Crippen molar-refractivity contribution in [1.82, 2.24) is 15.6 Å². The first-order chi connectivity index (χ1) is 8.79. The summed E-state index contributed by atoms with van der Waals surface area (Å²) in [7, 11) is 0. The Kier molecular flexibility index (Phi) is 5.56. The lowest BCUT2D eigenvalue weighted by Gasteiger charge is -2.18. The highest BCUT2D eigenvalue weighted by atomic mass is 32.1. The molecule has 0 aromatic carbocycles. The Morgan fingerprint density at radius 1 is 1.50 bits per heavy atom. The van der Waals surface area contributed by atoms with Crippen molar-refractivity contribution in [1.29, 1.82) is 0 Å². The van der Waals surface area contributed by atoms with E-state index in [-0.39, 0.29) is 0 Å². The van der Waals surface area contributed by atoms with Gasteiger partial charge in [-0.15, -0.1) is 11.3 Å². The van der Waals surface area contributed by atoms with E-state index >= 15 is 0 Å². The first kappa shape index (κ1) is 13.9. The molecule has 2 heterocycles. The molecular formula is C13H23N3OS. The fourth-order valence-corrected chi connectivity index (χ4v) is 3.06. The Morgan fingerprint density at radius 2 is 2.39 bits per heavy atom. The lowest BCUT2D eigenvalue weighted by Crippen LogP contribution is -2.40. The van der Waals surface area contributed by atoms with Gasteiger partial charge in [0.15, 0.2) is 0 Å². The zero-order valence-electron chi connectivity index (χ0n) is 11.2. The van der Waals surface area contributed by atoms with Gasteiger partial charge >= 0.3 is 0 Å². The monoisotopic (exact) mass is 269 g/mol. The summed E-state index contributed by atoms with van der Waals surface area (Å²) in [5.41, 5.74) is 1.13. The number of thiazole rings is 1. The van der Waals surface area contributed by atoms with Crippen LogP contribution >= 0.6 is 11.3 Å². The topological polar surface area (TPSA) is 46.2 Å². The number of hydrogen-bond acceptors (Lipinski definition) is 5. The van der Waals surface area contributed by atoms with Gasteiger partial charge in [-0.1, -0.05) is 6.92 Å². The van der Waals surface area contributed by atoms with Gasteiger partial charge < -0.3 is 15.4 Å². The maximum atomic E-state index is 5.53. The number of nitrogens with zero attached hydrogens (tertiary/aromatic N) is 1. The first-order valence-electron chi connectivity index (χ1n) is 6.72. The third-order valence-corrected chi connectivity index (χ3v) is 4.28. The molecule has 1 aliphatic heterocycles. The van der Waals surface area contributed by atoms with Crippen molar-refractivity contribution in [3.05, 3.63) is 16.1 Å². The minimum atomic E-state index is 0.518. The van der Waals surface area contributed by atoms with Gasteiger partial charge in [-0.25, -0.2) is 4.98 Å². The molecular weight excluding hydrogens is 246 g/mol. The second-order valence-electron chi connectivity index (χ2n) is 4.80. The van der Waals surface area contributed by atoms with Crippen LogP contribution in [0.15, 0.2) is 5.38 Å². The van der Waals surface area contributed by atoms with Gasteiger partial charge in [0.2, 0.25) is 0 Å². The number of hydrogen-bond donors (Lipinski definition) is 2. The number of ether oxygens (including phenoxy) is 1. The lowest BCUT2D eigenvalue weighted by atomic mass is 10.0. The van der Waals surface area contributed by atoms with E-state index in [1.807, 2.05) is 6.92 Å². The molecule has 2 N–H and O–H groups in total. The summed E-state index contributed by atoms with van der Waals surface area (Å²) in [6.45, 7) is 8.97. The molecule has 0 aliphatic carbocycles. The summed E-state index contributed by atoms with van der Waals surface area (Å²) in [6, 6.07) is 0.518. The Balaban J connectivity index is 1.63. The van der Waals surface area contributed by atoms with Crippen molar-refractivity contribution < 1.29 is 4.74 Å². The van der Waals surface area contributed by atoms with Crippen LogP contribution in [-0.4, -0.2) is 43.9 Å². The Morgan fingerprint density at radius 3 is 3.11 bits per heavy atom. The Bertz CT molecular complexity index is 356. The maximum Gasteiger partial charge on any atom is 0.0940 e. The summed E-state index contributed by atoms with van der Waals surface area (Å²) in [5, 5.41) is 10.3. The zero-order chi connectivity index (χ0) is 12.8. The van der Waals surface area contributed by atoms with Gasteiger partial charge in [0.25, 0.3) is 0 Å². The zero-order valence-corrected chi connectivity index (χ0v) is 12.1. The quantitative estimate of drug-likeness (QED) is 0.730. The molecule has 1 aromatic rings. The molecule has 0 bridgehead atoms. The smallest absolute Gasteiger partial charge is 0.0940 e. The van der Waals surface area contributed by atoms with Crippen molar-refractivity contribution in [2.45, 2.75) is 26.3 Å². The summed E-state index contributed by atoms with van der Waals surface area (Å²) >= 11 is 1.75. The molecule has 5 heteroatoms. The van der Waals surface area contributed by atoms with Gasteiger partial charge in [0.05, 0.1) is 18.2 Å². The molecule has 1 aromatic heterocycles. The SMILES string of the molecule is CCNC1COCC1CNCCc1nc(C)cs1. The van der Waals surface area contributed by atoms with E-state index in [4.69, 9.17) is 4.74 Å². The predicted molar refractivity (Wildman–Crippen MR) is 75.2 cm³/mol. The van der Waals surface area contributed by atoms with E-state index in [1.165, 1.54) is 5.01 Å². The van der Waals surface area contributed by atoms with E-state index in [0.717, 1.165) is 45.0 Å². The van der Waals surface area contributed by atoms with Gasteiger partial charge in [-0.3, -0.25) is 0 Å². The number of nitrogens with one attached hydrogen (secondary N) is 2. The molecule has 0 amide bonds. The van der Waals surface area contributed by atoms with Crippen molar-refractivity contribution in [3.8, 4) is 0 Å². The Labute approximate surface area is 113 Å². The summed E-state index contributed by atoms with van der Waals surface area (Å²) in [5.74, 6) is 0.600. The standard InChI is InChI=1S/C13H23N3OS/c1-3-15-12-8-17-7-11(12)6-14-5-4-13-16-10(2)9-18-13/h9,11-12,14-15H,3-8H2,1-2H3. The molecule has 4 nitrogen and oxygen atoms in total. The van der Waals surface area contributed by atoms with Crippen molar-refractivity contribution in [2.75, 3.05) is 32.8 Å². The highest BCUT2D eigenvalue weighted by Gasteiger charge is 2.26. The predicted octanol–water partition coefficient (Wildman–Crippen LogP) is 1.21. The largest absolute Gasteiger partial charge is 0.379 e. The minimum Gasteiger partial charge on any atom is -0.379 e. The molecule has 2 atom stereocenters. The minimum absolute atomic E-state index is 0.518. The van der Waals surface area contributed by atoms with Gasteiger partial charge in [-0.05, 0) is 13.5 Å². The molecule has 1 saturated heterocycles. The summed E-state index contributed by atoms with van der Waals surface area (Å²) in [6.07, 6.45) is 1.03. The van der Waals surface area contributed by atoms with Gasteiger partial charge in [0.1, 0.15) is 0 Å². The van der Waals surface area contributed by atoms with Crippen molar-refractivity contribution >= 4 is 11.3 Å². The van der Waals surface area contributed by atoms with Crippen LogP contribution in [0.3, 0.4) is 0 Å². The molecule has 2 unspecified atom stereocenters. The molecule has 1 fully saturated rings. The van der Waals surface area contributed by atoms with Crippen LogP contribution in [0.5, 0.6) is 0 Å². The molecule has 0 saturated carbocycles. The van der Waals surface area contributed by atoms with Gasteiger partial charge in [0, 0.05) is 42.5 Å². The molecule has 102 valence electrons. The van der Waals surface area contributed by atoms with Gasteiger partial charge in [-0.2, -0.15) is 0 Å². The van der Waals surface area contributed by atoms with Crippen LogP contribution in [0.4, 0.5) is 0 Å². The highest BCUT2D eigenvalue weighted by Crippen LogP contribution is 2.13. The molecule has 1 aliphatic rings. The van der Waals surface area contributed by atoms with E-state index in [0.29, 0.717) is 12.0 Å². The van der Waals surface area contributed by atoms with Crippen LogP contribution in [0.25, 0.3) is 0 Å². The summed E-state index contributed by atoms with van der Waals surface area (Å²) in [4.78, 5) is 4.47. The van der Waals surface area contributed by atoms with Crippen LogP contribution in [0, 0.1) is 12.8 Å². The average molecular weight is 269 g/mol. The molecule has 18 heavy (non-hydrogen) atoms. The number of aryl methyl sites for hydroxylation is 1. The normalized spacial score (nSPS) is 23.7. The van der Waals surface area contributed by atoms with E-state index in [9.17, 15) is 0 Å². The third-order valence-electron chi connectivity index (χ3n) is 3.25. The fourth-order valence-electron chi connectivity index (χ4n) is 2.29. The average Bonchev–Trinajstić information content (AvgIpc) is 2.95. The second kappa shape index (κ2) is 7.19. The highest BCUT2D eigenvalue weighted by molar-refractivity contribution is 7.09. The van der Waals surface area contributed by atoms with Crippen LogP contribution in [0.1, 0.15) is 17.6 Å². The van der Waals surface area contributed by atoms with Crippen LogP contribution < -0.4 is 10.6 Å². The number of likely N-dealkylation sites (N-methyl/N-ethyl adjacent to an activating group) is 1. The van der Waals surface area contributed by atoms with E-state index in [1.54, 1.807) is 11.3 Å². The summed E-state index contributed by atoms with van der Waals surface area (Å²) < 4.78 is 5.53. The third kappa shape index (κ3) is 4.02. The van der Waals surface area contributed by atoms with E-state index < -0.39 is 0 Å². The van der Waals surface area contributed by atoms with Crippen LogP contribution in [-0.2, 0) is 11.2 Å². The number of aromatic nitrogens is 1. The van der Waals surface area contributed by atoms with Crippen molar-refractivity contribution in [3.63, 3.8) is 0 Å². The Hall–Kier alpha value is -0.490. The molecule has 2 rings (SSSR count). The molecule has 0 radical (unpaired) electrons. The first-order valence-corrected chi connectivity index (χ1v) is 7.60.